The van der Waals surface area contributed by atoms with E-state index in [0.717, 1.165) is 23.4 Å². The number of unbranched alkanes of at least 4 members (excludes halogenated alkanes) is 1. The summed E-state index contributed by atoms with van der Waals surface area (Å²) in [4.78, 5) is 0. The van der Waals surface area contributed by atoms with Gasteiger partial charge in [0.2, 0.25) is 0 Å². The van der Waals surface area contributed by atoms with E-state index in [9.17, 15) is 0 Å². The van der Waals surface area contributed by atoms with Gasteiger partial charge in [0.15, 0.2) is 0 Å². The highest BCUT2D eigenvalue weighted by Gasteiger charge is 2.07. The van der Waals surface area contributed by atoms with Crippen molar-refractivity contribution < 1.29 is 4.74 Å². The summed E-state index contributed by atoms with van der Waals surface area (Å²) in [6.45, 7) is 4.25. The fraction of sp³-hybridized carbons (Fsp3) is 0.333. The normalized spacial score (nSPS) is 12.1. The average Bonchev–Trinajstić information content (AvgIpc) is 2.46. The van der Waals surface area contributed by atoms with Gasteiger partial charge in [-0.25, -0.2) is 0 Å². The van der Waals surface area contributed by atoms with E-state index in [4.69, 9.17) is 10.5 Å². The van der Waals surface area contributed by atoms with Crippen LogP contribution in [0.1, 0.15) is 43.9 Å². The van der Waals surface area contributed by atoms with Crippen LogP contribution in [0.25, 0.3) is 0 Å². The van der Waals surface area contributed by atoms with Gasteiger partial charge in [-0.15, -0.1) is 0 Å². The molecule has 2 aromatic carbocycles. The van der Waals surface area contributed by atoms with E-state index in [2.05, 4.69) is 19.1 Å². The fourth-order valence-electron chi connectivity index (χ4n) is 2.20. The molecule has 0 bridgehead atoms. The molecule has 20 heavy (non-hydrogen) atoms. The van der Waals surface area contributed by atoms with Crippen molar-refractivity contribution in [2.75, 3.05) is 5.73 Å². The summed E-state index contributed by atoms with van der Waals surface area (Å²) >= 11 is 0. The second-order valence-electron chi connectivity index (χ2n) is 5.18. The third kappa shape index (κ3) is 4.02. The summed E-state index contributed by atoms with van der Waals surface area (Å²) in [5.41, 5.74) is 9.04. The Hall–Kier alpha value is -1.96. The summed E-state index contributed by atoms with van der Waals surface area (Å²) in [6.07, 6.45) is 3.60. The van der Waals surface area contributed by atoms with Crippen LogP contribution in [-0.4, -0.2) is 0 Å². The maximum Gasteiger partial charge on any atom is 0.121 e. The van der Waals surface area contributed by atoms with Crippen molar-refractivity contribution in [1.29, 1.82) is 0 Å². The summed E-state index contributed by atoms with van der Waals surface area (Å²) in [7, 11) is 0. The lowest BCUT2D eigenvalue weighted by Crippen LogP contribution is -2.03. The van der Waals surface area contributed by atoms with Crippen LogP contribution in [0.5, 0.6) is 5.75 Å². The number of aryl methyl sites for hydroxylation is 1. The molecule has 0 aromatic heterocycles. The first-order chi connectivity index (χ1) is 9.69. The Bertz CT molecular complexity index is 533. The predicted molar refractivity (Wildman–Crippen MR) is 85.0 cm³/mol. The Kier molecular flexibility index (Phi) is 5.05. The maximum absolute atomic E-state index is 5.96. The number of hydrogen-bond donors (Lipinski definition) is 1. The monoisotopic (exact) mass is 269 g/mol. The minimum atomic E-state index is -0.00000758. The van der Waals surface area contributed by atoms with Gasteiger partial charge in [-0.05, 0) is 55.2 Å². The minimum Gasteiger partial charge on any atom is -0.486 e. The lowest BCUT2D eigenvalue weighted by Gasteiger charge is -2.15. The molecule has 0 saturated carbocycles. The molecule has 0 aliphatic heterocycles. The van der Waals surface area contributed by atoms with E-state index in [0.29, 0.717) is 0 Å². The number of nitrogens with two attached hydrogens (primary N) is 1. The topological polar surface area (TPSA) is 35.2 Å². The second-order valence-corrected chi connectivity index (χ2v) is 5.18. The molecule has 2 aromatic rings. The van der Waals surface area contributed by atoms with Crippen LogP contribution in [-0.2, 0) is 6.42 Å². The first-order valence-electron chi connectivity index (χ1n) is 7.30. The van der Waals surface area contributed by atoms with Gasteiger partial charge in [-0.3, -0.25) is 0 Å². The quantitative estimate of drug-likeness (QED) is 0.768. The number of nitrogen functional groups attached to an aromatic ring is 1. The molecule has 0 radical (unpaired) electrons. The first kappa shape index (κ1) is 14.4. The van der Waals surface area contributed by atoms with E-state index in [1.807, 2.05) is 43.3 Å². The van der Waals surface area contributed by atoms with Crippen LogP contribution < -0.4 is 10.5 Å². The van der Waals surface area contributed by atoms with E-state index < -0.39 is 0 Å². The number of benzene rings is 2. The Morgan fingerprint density at radius 1 is 1.10 bits per heavy atom. The molecule has 0 saturated heterocycles. The van der Waals surface area contributed by atoms with Gasteiger partial charge in [-0.1, -0.05) is 37.6 Å². The highest BCUT2D eigenvalue weighted by atomic mass is 16.5. The standard InChI is InChI=1S/C18H23NO/c1-3-4-6-15-9-11-18(12-10-15)20-14(2)16-7-5-8-17(19)13-16/h5,7-14H,3-4,6,19H2,1-2H3. The van der Waals surface area contributed by atoms with Crippen molar-refractivity contribution in [3.8, 4) is 5.75 Å². The number of rotatable bonds is 6. The van der Waals surface area contributed by atoms with Gasteiger partial charge in [-0.2, -0.15) is 0 Å². The number of anilines is 1. The molecule has 0 fully saturated rings. The van der Waals surface area contributed by atoms with Crippen molar-refractivity contribution in [3.05, 3.63) is 59.7 Å². The smallest absolute Gasteiger partial charge is 0.121 e. The molecule has 0 aliphatic rings. The molecule has 0 aliphatic carbocycles. The molecule has 0 heterocycles. The highest BCUT2D eigenvalue weighted by molar-refractivity contribution is 5.41. The Labute approximate surface area is 121 Å². The summed E-state index contributed by atoms with van der Waals surface area (Å²) in [6, 6.07) is 16.2. The summed E-state index contributed by atoms with van der Waals surface area (Å²) in [5.74, 6) is 0.903. The third-order valence-electron chi connectivity index (χ3n) is 3.44. The molecule has 1 atom stereocenters. The molecule has 106 valence electrons. The van der Waals surface area contributed by atoms with Crippen molar-refractivity contribution in [2.24, 2.45) is 0 Å². The zero-order chi connectivity index (χ0) is 14.4. The molecule has 2 nitrogen and oxygen atoms in total. The maximum atomic E-state index is 5.96. The van der Waals surface area contributed by atoms with Gasteiger partial charge in [0.05, 0.1) is 0 Å². The van der Waals surface area contributed by atoms with Crippen molar-refractivity contribution in [3.63, 3.8) is 0 Å². The second kappa shape index (κ2) is 6.99. The van der Waals surface area contributed by atoms with Crippen molar-refractivity contribution in [1.82, 2.24) is 0 Å². The van der Waals surface area contributed by atoms with Crippen LogP contribution >= 0.6 is 0 Å². The SMILES string of the molecule is CCCCc1ccc(OC(C)c2cccc(N)c2)cc1. The van der Waals surface area contributed by atoms with Gasteiger partial charge in [0, 0.05) is 5.69 Å². The molecule has 2 N–H and O–H groups in total. The lowest BCUT2D eigenvalue weighted by atomic mass is 10.1. The Morgan fingerprint density at radius 3 is 2.50 bits per heavy atom. The molecule has 2 heteroatoms. The van der Waals surface area contributed by atoms with Gasteiger partial charge < -0.3 is 10.5 Å². The van der Waals surface area contributed by atoms with E-state index in [-0.39, 0.29) is 6.10 Å². The van der Waals surface area contributed by atoms with Crippen LogP contribution in [0.15, 0.2) is 48.5 Å². The minimum absolute atomic E-state index is 0.00000758. The van der Waals surface area contributed by atoms with E-state index >= 15 is 0 Å². The lowest BCUT2D eigenvalue weighted by molar-refractivity contribution is 0.227. The average molecular weight is 269 g/mol. The molecule has 0 amide bonds. The highest BCUT2D eigenvalue weighted by Crippen LogP contribution is 2.23. The largest absolute Gasteiger partial charge is 0.486 e. The molecule has 1 unspecified atom stereocenters. The van der Waals surface area contributed by atoms with E-state index in [1.165, 1.54) is 18.4 Å². The zero-order valence-electron chi connectivity index (χ0n) is 12.3. The molecular formula is C18H23NO. The third-order valence-corrected chi connectivity index (χ3v) is 3.44. The summed E-state index contributed by atoms with van der Waals surface area (Å²) in [5, 5.41) is 0. The van der Waals surface area contributed by atoms with E-state index in [1.54, 1.807) is 0 Å². The van der Waals surface area contributed by atoms with Crippen molar-refractivity contribution >= 4 is 5.69 Å². The van der Waals surface area contributed by atoms with Crippen LogP contribution in [0.2, 0.25) is 0 Å². The van der Waals surface area contributed by atoms with Gasteiger partial charge >= 0.3 is 0 Å². The summed E-state index contributed by atoms with van der Waals surface area (Å²) < 4.78 is 5.96. The molecular weight excluding hydrogens is 246 g/mol. The number of ether oxygens (including phenoxy) is 1. The number of hydrogen-bond acceptors (Lipinski definition) is 2. The van der Waals surface area contributed by atoms with Gasteiger partial charge in [0.1, 0.15) is 11.9 Å². The first-order valence-corrected chi connectivity index (χ1v) is 7.30. The van der Waals surface area contributed by atoms with Gasteiger partial charge in [0.25, 0.3) is 0 Å². The van der Waals surface area contributed by atoms with Crippen LogP contribution in [0.4, 0.5) is 5.69 Å². The fourth-order valence-corrected chi connectivity index (χ4v) is 2.20. The Balaban J connectivity index is 1.99. The molecule has 2 rings (SSSR count). The van der Waals surface area contributed by atoms with Crippen molar-refractivity contribution in [2.45, 2.75) is 39.2 Å². The predicted octanol–water partition coefficient (Wildman–Crippen LogP) is 4.75. The molecule has 0 spiro atoms. The van der Waals surface area contributed by atoms with Crippen LogP contribution in [0.3, 0.4) is 0 Å². The van der Waals surface area contributed by atoms with Crippen LogP contribution in [0, 0.1) is 0 Å². The Morgan fingerprint density at radius 2 is 1.85 bits per heavy atom. The zero-order valence-corrected chi connectivity index (χ0v) is 12.3.